The highest BCUT2D eigenvalue weighted by molar-refractivity contribution is 7.85. The van der Waals surface area contributed by atoms with E-state index in [9.17, 15) is 8.42 Å². The summed E-state index contributed by atoms with van der Waals surface area (Å²) in [7, 11) is -4.09. The van der Waals surface area contributed by atoms with E-state index >= 15 is 0 Å². The van der Waals surface area contributed by atoms with Crippen molar-refractivity contribution in [2.45, 2.75) is 51.3 Å². The Morgan fingerprint density at radius 1 is 1.19 bits per heavy atom. The molecule has 1 aromatic rings. The van der Waals surface area contributed by atoms with Crippen LogP contribution in [0.3, 0.4) is 0 Å². The van der Waals surface area contributed by atoms with E-state index in [1.165, 1.54) is 31.4 Å². The normalized spacial score (nSPS) is 34.3. The quantitative estimate of drug-likeness (QED) is 0.861. The summed E-state index contributed by atoms with van der Waals surface area (Å²) in [5.41, 5.74) is 1.96. The minimum absolute atomic E-state index is 0.0225. The fraction of sp³-hybridized carbons (Fsp3) is 0.647. The standard InChI is InChI=1S/C17H24O3S/c1-16(2)13-8-9-17(16,3)14(11-13)10-12-4-6-15(7-5-12)21(18,19)20/h4-7,13-14H,8-11H2,1-3H3,(H,18,19,20). The van der Waals surface area contributed by atoms with Crippen molar-refractivity contribution in [3.8, 4) is 0 Å². The minimum atomic E-state index is -4.09. The zero-order chi connectivity index (χ0) is 15.5. The fourth-order valence-electron chi connectivity index (χ4n) is 4.76. The molecule has 3 rings (SSSR count). The highest BCUT2D eigenvalue weighted by Crippen LogP contribution is 2.68. The topological polar surface area (TPSA) is 54.4 Å². The molecular weight excluding hydrogens is 284 g/mol. The molecule has 3 unspecified atom stereocenters. The predicted molar refractivity (Wildman–Crippen MR) is 82.7 cm³/mol. The number of rotatable bonds is 3. The molecule has 2 saturated carbocycles. The van der Waals surface area contributed by atoms with Gasteiger partial charge < -0.3 is 0 Å². The van der Waals surface area contributed by atoms with Gasteiger partial charge in [0, 0.05) is 0 Å². The zero-order valence-corrected chi connectivity index (χ0v) is 13.8. The maximum absolute atomic E-state index is 11.1. The number of hydrogen-bond acceptors (Lipinski definition) is 2. The van der Waals surface area contributed by atoms with E-state index in [1.807, 2.05) is 12.1 Å². The molecule has 0 aliphatic heterocycles. The molecule has 2 fully saturated rings. The zero-order valence-electron chi connectivity index (χ0n) is 13.0. The summed E-state index contributed by atoms with van der Waals surface area (Å²) in [6, 6.07) is 6.69. The minimum Gasteiger partial charge on any atom is -0.282 e. The van der Waals surface area contributed by atoms with Gasteiger partial charge >= 0.3 is 0 Å². The first kappa shape index (κ1) is 15.0. The van der Waals surface area contributed by atoms with Crippen LogP contribution >= 0.6 is 0 Å². The average Bonchev–Trinajstić information content (AvgIpc) is 2.71. The van der Waals surface area contributed by atoms with Gasteiger partial charge in [-0.05, 0) is 66.0 Å². The first-order valence-corrected chi connectivity index (χ1v) is 9.15. The predicted octanol–water partition coefficient (Wildman–Crippen LogP) is 3.94. The van der Waals surface area contributed by atoms with Crippen molar-refractivity contribution in [2.24, 2.45) is 22.7 Å². The summed E-state index contributed by atoms with van der Waals surface area (Å²) < 4.78 is 31.2. The lowest BCUT2D eigenvalue weighted by atomic mass is 9.65. The maximum atomic E-state index is 11.1. The van der Waals surface area contributed by atoms with Crippen molar-refractivity contribution in [1.29, 1.82) is 0 Å². The Morgan fingerprint density at radius 3 is 2.24 bits per heavy atom. The summed E-state index contributed by atoms with van der Waals surface area (Å²) in [5, 5.41) is 0. The van der Waals surface area contributed by atoms with Gasteiger partial charge in [0.1, 0.15) is 0 Å². The average molecular weight is 308 g/mol. The molecular formula is C17H24O3S. The summed E-state index contributed by atoms with van der Waals surface area (Å²) in [6.07, 6.45) is 4.94. The van der Waals surface area contributed by atoms with Gasteiger partial charge in [-0.1, -0.05) is 32.9 Å². The highest BCUT2D eigenvalue weighted by Gasteiger charge is 2.60. The molecule has 0 aromatic heterocycles. The Hall–Kier alpha value is -0.870. The van der Waals surface area contributed by atoms with E-state index in [1.54, 1.807) is 0 Å². The van der Waals surface area contributed by atoms with Crippen LogP contribution in [-0.4, -0.2) is 13.0 Å². The Morgan fingerprint density at radius 2 is 1.81 bits per heavy atom. The second-order valence-corrected chi connectivity index (χ2v) is 9.05. The lowest BCUT2D eigenvalue weighted by molar-refractivity contribution is 0.103. The third kappa shape index (κ3) is 2.23. The summed E-state index contributed by atoms with van der Waals surface area (Å²) >= 11 is 0. The molecule has 0 spiro atoms. The Kier molecular flexibility index (Phi) is 3.27. The van der Waals surface area contributed by atoms with Gasteiger partial charge in [-0.15, -0.1) is 0 Å². The molecule has 0 amide bonds. The van der Waals surface area contributed by atoms with E-state index in [4.69, 9.17) is 4.55 Å². The molecule has 0 saturated heterocycles. The summed E-state index contributed by atoms with van der Waals surface area (Å²) in [4.78, 5) is -0.0225. The molecule has 0 radical (unpaired) electrons. The van der Waals surface area contributed by atoms with Crippen molar-refractivity contribution in [1.82, 2.24) is 0 Å². The largest absolute Gasteiger partial charge is 0.294 e. The van der Waals surface area contributed by atoms with Gasteiger partial charge in [0.05, 0.1) is 4.90 Å². The molecule has 0 heterocycles. The maximum Gasteiger partial charge on any atom is 0.294 e. The molecule has 21 heavy (non-hydrogen) atoms. The van der Waals surface area contributed by atoms with E-state index in [0.717, 1.165) is 17.9 Å². The third-order valence-electron chi connectivity index (χ3n) is 6.68. The van der Waals surface area contributed by atoms with Crippen LogP contribution in [0.4, 0.5) is 0 Å². The number of benzene rings is 1. The van der Waals surface area contributed by atoms with E-state index in [-0.39, 0.29) is 4.90 Å². The monoisotopic (exact) mass is 308 g/mol. The molecule has 116 valence electrons. The van der Waals surface area contributed by atoms with Crippen molar-refractivity contribution >= 4 is 10.1 Å². The van der Waals surface area contributed by atoms with Crippen molar-refractivity contribution in [2.75, 3.05) is 0 Å². The summed E-state index contributed by atoms with van der Waals surface area (Å²) in [6.45, 7) is 7.25. The van der Waals surface area contributed by atoms with Gasteiger partial charge in [0.2, 0.25) is 0 Å². The van der Waals surface area contributed by atoms with Crippen molar-refractivity contribution in [3.63, 3.8) is 0 Å². The van der Waals surface area contributed by atoms with Crippen LogP contribution in [0.15, 0.2) is 29.2 Å². The van der Waals surface area contributed by atoms with Crippen LogP contribution in [0, 0.1) is 22.7 Å². The fourth-order valence-corrected chi connectivity index (χ4v) is 5.24. The SMILES string of the molecule is CC1(C)C2CCC1(C)C(Cc1ccc(S(=O)(=O)O)cc1)C2. The van der Waals surface area contributed by atoms with Crippen LogP contribution in [0.1, 0.15) is 45.6 Å². The first-order chi connectivity index (χ1) is 9.64. The molecule has 1 N–H and O–H groups in total. The molecule has 2 bridgehead atoms. The molecule has 3 atom stereocenters. The van der Waals surface area contributed by atoms with Crippen LogP contribution in [0.2, 0.25) is 0 Å². The summed E-state index contributed by atoms with van der Waals surface area (Å²) in [5.74, 6) is 1.49. The van der Waals surface area contributed by atoms with Crippen molar-refractivity contribution in [3.05, 3.63) is 29.8 Å². The molecule has 3 nitrogen and oxygen atoms in total. The van der Waals surface area contributed by atoms with E-state index < -0.39 is 10.1 Å². The third-order valence-corrected chi connectivity index (χ3v) is 7.55. The van der Waals surface area contributed by atoms with Crippen LogP contribution in [0.25, 0.3) is 0 Å². The van der Waals surface area contributed by atoms with Gasteiger partial charge in [-0.2, -0.15) is 8.42 Å². The molecule has 1 aromatic carbocycles. The van der Waals surface area contributed by atoms with Crippen LogP contribution in [0.5, 0.6) is 0 Å². The van der Waals surface area contributed by atoms with Crippen LogP contribution in [-0.2, 0) is 16.5 Å². The van der Waals surface area contributed by atoms with E-state index in [0.29, 0.717) is 16.7 Å². The van der Waals surface area contributed by atoms with Crippen LogP contribution < -0.4 is 0 Å². The van der Waals surface area contributed by atoms with Gasteiger partial charge in [-0.25, -0.2) is 0 Å². The Bertz CT molecular complexity index is 645. The lowest BCUT2D eigenvalue weighted by Crippen LogP contribution is -2.33. The molecule has 2 aliphatic carbocycles. The van der Waals surface area contributed by atoms with Gasteiger partial charge in [0.15, 0.2) is 0 Å². The number of hydrogen-bond donors (Lipinski definition) is 1. The lowest BCUT2D eigenvalue weighted by Gasteiger charge is -2.39. The highest BCUT2D eigenvalue weighted by atomic mass is 32.2. The van der Waals surface area contributed by atoms with E-state index in [2.05, 4.69) is 20.8 Å². The van der Waals surface area contributed by atoms with Gasteiger partial charge in [-0.3, -0.25) is 4.55 Å². The Balaban J connectivity index is 1.80. The number of fused-ring (bicyclic) bond motifs is 2. The van der Waals surface area contributed by atoms with Crippen molar-refractivity contribution < 1.29 is 13.0 Å². The second-order valence-electron chi connectivity index (χ2n) is 7.63. The molecule has 4 heteroatoms. The first-order valence-electron chi connectivity index (χ1n) is 7.71. The molecule has 2 aliphatic rings. The second kappa shape index (κ2) is 4.56. The Labute approximate surface area is 127 Å². The smallest absolute Gasteiger partial charge is 0.282 e. The van der Waals surface area contributed by atoms with Gasteiger partial charge in [0.25, 0.3) is 10.1 Å².